The number of halogens is 2. The van der Waals surface area contributed by atoms with Gasteiger partial charge in [0.1, 0.15) is 4.34 Å². The Labute approximate surface area is 147 Å². The van der Waals surface area contributed by atoms with Crippen LogP contribution in [0.25, 0.3) is 0 Å². The van der Waals surface area contributed by atoms with Gasteiger partial charge in [-0.25, -0.2) is 0 Å². The highest BCUT2D eigenvalue weighted by atomic mass is 35.5. The van der Waals surface area contributed by atoms with Crippen molar-refractivity contribution in [2.75, 3.05) is 28.0 Å². The third-order valence-electron chi connectivity index (χ3n) is 3.51. The van der Waals surface area contributed by atoms with Crippen LogP contribution in [0, 0.1) is 0 Å². The van der Waals surface area contributed by atoms with Crippen molar-refractivity contribution in [3.05, 3.63) is 38.5 Å². The molecule has 6 nitrogen and oxygen atoms in total. The molecule has 1 aromatic heterocycles. The number of nitrogens with one attached hydrogen (secondary N) is 1. The molecule has 0 radical (unpaired) electrons. The van der Waals surface area contributed by atoms with Crippen molar-refractivity contribution < 1.29 is 13.2 Å². The van der Waals surface area contributed by atoms with E-state index in [1.807, 2.05) is 0 Å². The van der Waals surface area contributed by atoms with E-state index in [2.05, 4.69) is 5.32 Å². The minimum Gasteiger partial charge on any atom is -0.322 e. The fraction of sp³-hybridized carbons (Fsp3) is 0.154. The molecule has 2 heterocycles. The molecule has 0 unspecified atom stereocenters. The number of carbonyl (C=O) groups excluding carboxylic acids is 1. The summed E-state index contributed by atoms with van der Waals surface area (Å²) in [6.07, 6.45) is 0. The summed E-state index contributed by atoms with van der Waals surface area (Å²) < 4.78 is 27.2. The Bertz CT molecular complexity index is 911. The van der Waals surface area contributed by atoms with E-state index in [0.717, 1.165) is 15.6 Å². The zero-order valence-corrected chi connectivity index (χ0v) is 15.1. The first-order valence-electron chi connectivity index (χ1n) is 6.35. The number of rotatable bonds is 2. The van der Waals surface area contributed by atoms with Gasteiger partial charge in [-0.05, 0) is 24.3 Å². The van der Waals surface area contributed by atoms with Crippen molar-refractivity contribution in [2.24, 2.45) is 0 Å². The van der Waals surface area contributed by atoms with Crippen LogP contribution in [0.15, 0.2) is 24.3 Å². The molecule has 0 spiro atoms. The molecule has 1 aromatic carbocycles. The van der Waals surface area contributed by atoms with Gasteiger partial charge in [-0.15, -0.1) is 11.3 Å². The number of fused-ring (bicyclic) bond motifs is 1. The van der Waals surface area contributed by atoms with Gasteiger partial charge in [0.2, 0.25) is 0 Å². The van der Waals surface area contributed by atoms with Crippen molar-refractivity contribution in [3.8, 4) is 0 Å². The Morgan fingerprint density at radius 3 is 2.39 bits per heavy atom. The molecular formula is C13H11Cl2N3O3S2. The van der Waals surface area contributed by atoms with E-state index in [-0.39, 0.29) is 5.56 Å². The minimum absolute atomic E-state index is 0.278. The van der Waals surface area contributed by atoms with Crippen LogP contribution in [0.1, 0.15) is 10.4 Å². The van der Waals surface area contributed by atoms with Crippen molar-refractivity contribution in [3.63, 3.8) is 0 Å². The topological polar surface area (TPSA) is 69.7 Å². The summed E-state index contributed by atoms with van der Waals surface area (Å²) in [7, 11) is -0.614. The SMILES string of the molecule is CN1c2ccc(NC(=O)c3cc(Cl)sc3Cl)cc2N(C)S1(=O)=O. The van der Waals surface area contributed by atoms with Crippen LogP contribution >= 0.6 is 34.5 Å². The Balaban J connectivity index is 1.91. The fourth-order valence-electron chi connectivity index (χ4n) is 2.25. The van der Waals surface area contributed by atoms with Gasteiger partial charge in [0.25, 0.3) is 5.91 Å². The van der Waals surface area contributed by atoms with E-state index < -0.39 is 16.1 Å². The lowest BCUT2D eigenvalue weighted by atomic mass is 10.2. The Morgan fingerprint density at radius 1 is 1.13 bits per heavy atom. The number of hydrogen-bond acceptors (Lipinski definition) is 4. The molecular weight excluding hydrogens is 381 g/mol. The summed E-state index contributed by atoms with van der Waals surface area (Å²) in [6.45, 7) is 0. The average molecular weight is 392 g/mol. The number of nitrogens with zero attached hydrogens (tertiary/aromatic N) is 2. The number of carbonyl (C=O) groups is 1. The normalized spacial score (nSPS) is 15.7. The Hall–Kier alpha value is -1.48. The predicted molar refractivity (Wildman–Crippen MR) is 94.5 cm³/mol. The van der Waals surface area contributed by atoms with Gasteiger partial charge in [0.05, 0.1) is 21.3 Å². The number of benzene rings is 1. The Kier molecular flexibility index (Phi) is 3.96. The maximum atomic E-state index is 12.2. The molecule has 122 valence electrons. The third-order valence-corrected chi connectivity index (χ3v) is 6.77. The van der Waals surface area contributed by atoms with Crippen LogP contribution in [0.4, 0.5) is 17.1 Å². The van der Waals surface area contributed by atoms with Crippen LogP contribution in [-0.2, 0) is 10.2 Å². The molecule has 0 atom stereocenters. The van der Waals surface area contributed by atoms with E-state index in [4.69, 9.17) is 23.2 Å². The summed E-state index contributed by atoms with van der Waals surface area (Å²) in [6, 6.07) is 6.34. The lowest BCUT2D eigenvalue weighted by Gasteiger charge is -2.13. The van der Waals surface area contributed by atoms with Crippen molar-refractivity contribution >= 4 is 67.7 Å². The number of amides is 1. The third kappa shape index (κ3) is 2.65. The highest BCUT2D eigenvalue weighted by Crippen LogP contribution is 2.40. The van der Waals surface area contributed by atoms with Gasteiger partial charge in [0.15, 0.2) is 0 Å². The van der Waals surface area contributed by atoms with Crippen LogP contribution in [0.2, 0.25) is 8.67 Å². The van der Waals surface area contributed by atoms with Crippen LogP contribution < -0.4 is 13.9 Å². The fourth-order valence-corrected chi connectivity index (χ4v) is 4.87. The lowest BCUT2D eigenvalue weighted by molar-refractivity contribution is 0.102. The van der Waals surface area contributed by atoms with E-state index in [9.17, 15) is 13.2 Å². The van der Waals surface area contributed by atoms with Gasteiger partial charge in [-0.2, -0.15) is 8.42 Å². The standard InChI is InChI=1S/C13H11Cl2N3O3S2/c1-17-9-4-3-7(5-10(9)18(2)23(17,20)21)16-13(19)8-6-11(14)22-12(8)15/h3-6H,1-2H3,(H,16,19). The van der Waals surface area contributed by atoms with E-state index in [1.165, 1.54) is 24.5 Å². The van der Waals surface area contributed by atoms with Crippen molar-refractivity contribution in [2.45, 2.75) is 0 Å². The maximum absolute atomic E-state index is 12.2. The largest absolute Gasteiger partial charge is 0.326 e. The van der Waals surface area contributed by atoms with E-state index in [0.29, 0.717) is 25.7 Å². The first kappa shape index (κ1) is 16.4. The van der Waals surface area contributed by atoms with Gasteiger partial charge < -0.3 is 5.32 Å². The highest BCUT2D eigenvalue weighted by molar-refractivity contribution is 7.94. The number of thiophene rings is 1. The second kappa shape index (κ2) is 5.55. The van der Waals surface area contributed by atoms with Crippen molar-refractivity contribution in [1.29, 1.82) is 0 Å². The van der Waals surface area contributed by atoms with Gasteiger partial charge >= 0.3 is 10.2 Å². The van der Waals surface area contributed by atoms with Crippen LogP contribution in [-0.4, -0.2) is 28.4 Å². The highest BCUT2D eigenvalue weighted by Gasteiger charge is 2.35. The van der Waals surface area contributed by atoms with Gasteiger partial charge in [-0.3, -0.25) is 13.4 Å². The molecule has 0 saturated heterocycles. The molecule has 0 bridgehead atoms. The number of hydrogen-bond donors (Lipinski definition) is 1. The van der Waals surface area contributed by atoms with Gasteiger partial charge in [0, 0.05) is 19.8 Å². The molecule has 3 rings (SSSR count). The maximum Gasteiger partial charge on any atom is 0.326 e. The Morgan fingerprint density at radius 2 is 1.78 bits per heavy atom. The molecule has 1 amide bonds. The summed E-state index contributed by atoms with van der Waals surface area (Å²) in [5.41, 5.74) is 1.77. The second-order valence-corrected chi connectivity index (χ2v) is 9.11. The second-order valence-electron chi connectivity index (χ2n) is 4.84. The minimum atomic E-state index is -3.55. The molecule has 1 N–H and O–H groups in total. The summed E-state index contributed by atoms with van der Waals surface area (Å²) in [5.74, 6) is -0.407. The zero-order valence-electron chi connectivity index (χ0n) is 12.0. The smallest absolute Gasteiger partial charge is 0.322 e. The quantitative estimate of drug-likeness (QED) is 0.851. The molecule has 0 fully saturated rings. The van der Waals surface area contributed by atoms with Crippen molar-refractivity contribution in [1.82, 2.24) is 0 Å². The molecule has 23 heavy (non-hydrogen) atoms. The summed E-state index contributed by atoms with van der Waals surface area (Å²) in [5, 5.41) is 2.69. The molecule has 2 aromatic rings. The van der Waals surface area contributed by atoms with E-state index in [1.54, 1.807) is 18.2 Å². The molecule has 10 heteroatoms. The van der Waals surface area contributed by atoms with Gasteiger partial charge in [-0.1, -0.05) is 23.2 Å². The van der Waals surface area contributed by atoms with E-state index >= 15 is 0 Å². The summed E-state index contributed by atoms with van der Waals surface area (Å²) >= 11 is 12.9. The van der Waals surface area contributed by atoms with Crippen LogP contribution in [0.5, 0.6) is 0 Å². The molecule has 0 saturated carbocycles. The lowest BCUT2D eigenvalue weighted by Crippen LogP contribution is -2.32. The monoisotopic (exact) mass is 391 g/mol. The molecule has 1 aliphatic heterocycles. The predicted octanol–water partition coefficient (Wildman–Crippen LogP) is 3.44. The van der Waals surface area contributed by atoms with Crippen LogP contribution in [0.3, 0.4) is 0 Å². The first-order chi connectivity index (χ1) is 10.7. The molecule has 0 aliphatic carbocycles. The summed E-state index contributed by atoms with van der Waals surface area (Å²) in [4.78, 5) is 12.2. The number of anilines is 3. The molecule has 1 aliphatic rings. The first-order valence-corrected chi connectivity index (χ1v) is 9.32. The zero-order chi connectivity index (χ0) is 16.9. The average Bonchev–Trinajstić information content (AvgIpc) is 2.91.